The highest BCUT2D eigenvalue weighted by molar-refractivity contribution is 6.00. The molecule has 0 aromatic rings. The molecule has 0 aromatic heterocycles. The zero-order valence-corrected chi connectivity index (χ0v) is 9.59. The van der Waals surface area contributed by atoms with Gasteiger partial charge < -0.3 is 4.74 Å². The number of esters is 1. The van der Waals surface area contributed by atoms with Gasteiger partial charge in [-0.3, -0.25) is 9.59 Å². The topological polar surface area (TPSA) is 43.4 Å². The number of hydrogen-bond acceptors (Lipinski definition) is 3. The number of carbonyl (C=O) groups excluding carboxylic acids is 2. The summed E-state index contributed by atoms with van der Waals surface area (Å²) in [5, 5.41) is 0. The van der Waals surface area contributed by atoms with Crippen LogP contribution >= 0.6 is 0 Å². The lowest BCUT2D eigenvalue weighted by molar-refractivity contribution is -0.152. The van der Waals surface area contributed by atoms with Gasteiger partial charge in [0, 0.05) is 0 Å². The summed E-state index contributed by atoms with van der Waals surface area (Å²) in [6.07, 6.45) is 0.222. The molecule has 3 nitrogen and oxygen atoms in total. The molecule has 0 heterocycles. The summed E-state index contributed by atoms with van der Waals surface area (Å²) < 4.78 is 17.8. The van der Waals surface area contributed by atoms with E-state index in [1.807, 2.05) is 6.92 Å². The maximum atomic E-state index is 13.0. The van der Waals surface area contributed by atoms with Gasteiger partial charge in [-0.15, -0.1) is 0 Å². The van der Waals surface area contributed by atoms with Crippen LogP contribution in [0.4, 0.5) is 4.39 Å². The van der Waals surface area contributed by atoms with Crippen LogP contribution in [0.15, 0.2) is 0 Å². The van der Waals surface area contributed by atoms with Crippen molar-refractivity contribution in [3.05, 3.63) is 0 Å². The van der Waals surface area contributed by atoms with Crippen LogP contribution in [0.5, 0.6) is 0 Å². The normalized spacial score (nSPS) is 14.4. The van der Waals surface area contributed by atoms with Gasteiger partial charge in [0.05, 0.1) is 6.61 Å². The lowest BCUT2D eigenvalue weighted by Gasteiger charge is -2.11. The minimum absolute atomic E-state index is 0.103. The number of halogens is 1. The molecule has 2 unspecified atom stereocenters. The Morgan fingerprint density at radius 1 is 1.33 bits per heavy atom. The molecule has 0 rings (SSSR count). The van der Waals surface area contributed by atoms with E-state index in [0.717, 1.165) is 12.8 Å². The highest BCUT2D eigenvalue weighted by Crippen LogP contribution is 2.09. The summed E-state index contributed by atoms with van der Waals surface area (Å²) in [5.74, 6) is -2.29. The molecule has 15 heavy (non-hydrogen) atoms. The first-order valence-corrected chi connectivity index (χ1v) is 5.39. The smallest absolute Gasteiger partial charge is 0.316 e. The van der Waals surface area contributed by atoms with Gasteiger partial charge in [-0.05, 0) is 19.8 Å². The third-order valence-corrected chi connectivity index (χ3v) is 2.19. The monoisotopic (exact) mass is 218 g/mol. The largest absolute Gasteiger partial charge is 0.465 e. The minimum Gasteiger partial charge on any atom is -0.465 e. The SMILES string of the molecule is CCCCOC(=O)C(C)C(=O)C(F)CC. The number of Topliss-reactive ketones (excluding diaryl/α,β-unsaturated/α-hetero) is 1. The average Bonchev–Trinajstić information content (AvgIpc) is 2.26. The summed E-state index contributed by atoms with van der Waals surface area (Å²) in [6.45, 7) is 5.23. The quantitative estimate of drug-likeness (QED) is 0.374. The van der Waals surface area contributed by atoms with Crippen molar-refractivity contribution in [2.24, 2.45) is 5.92 Å². The summed E-state index contributed by atoms with van der Waals surface area (Å²) in [7, 11) is 0. The summed E-state index contributed by atoms with van der Waals surface area (Å²) >= 11 is 0. The number of ether oxygens (including phenoxy) is 1. The molecule has 0 N–H and O–H groups in total. The second-order valence-electron chi connectivity index (χ2n) is 3.52. The fraction of sp³-hybridized carbons (Fsp3) is 0.818. The van der Waals surface area contributed by atoms with E-state index in [0.29, 0.717) is 6.61 Å². The maximum absolute atomic E-state index is 13.0. The van der Waals surface area contributed by atoms with Crippen molar-refractivity contribution in [2.75, 3.05) is 6.61 Å². The molecule has 0 aliphatic rings. The van der Waals surface area contributed by atoms with Crippen LogP contribution in [0.2, 0.25) is 0 Å². The zero-order chi connectivity index (χ0) is 11.8. The number of ketones is 1. The maximum Gasteiger partial charge on any atom is 0.316 e. The van der Waals surface area contributed by atoms with Crippen LogP contribution < -0.4 is 0 Å². The standard InChI is InChI=1S/C11H19FO3/c1-4-6-7-15-11(14)8(3)10(13)9(12)5-2/h8-9H,4-7H2,1-3H3. The van der Waals surface area contributed by atoms with E-state index >= 15 is 0 Å². The van der Waals surface area contributed by atoms with E-state index in [1.165, 1.54) is 6.92 Å². The Morgan fingerprint density at radius 2 is 1.93 bits per heavy atom. The van der Waals surface area contributed by atoms with E-state index in [4.69, 9.17) is 4.74 Å². The molecular formula is C11H19FO3. The van der Waals surface area contributed by atoms with Crippen LogP contribution in [0.3, 0.4) is 0 Å². The molecule has 0 saturated carbocycles. The molecular weight excluding hydrogens is 199 g/mol. The summed E-state index contributed by atoms with van der Waals surface area (Å²) in [5.41, 5.74) is 0. The number of hydrogen-bond donors (Lipinski definition) is 0. The molecule has 88 valence electrons. The Labute approximate surface area is 90.0 Å². The van der Waals surface area contributed by atoms with Gasteiger partial charge in [-0.1, -0.05) is 20.3 Å². The third kappa shape index (κ3) is 4.91. The van der Waals surface area contributed by atoms with Crippen molar-refractivity contribution in [1.82, 2.24) is 0 Å². The Kier molecular flexibility index (Phi) is 6.92. The van der Waals surface area contributed by atoms with Crippen molar-refractivity contribution in [1.29, 1.82) is 0 Å². The number of carbonyl (C=O) groups is 2. The fourth-order valence-corrected chi connectivity index (χ4v) is 1.03. The molecule has 2 atom stereocenters. The molecule has 4 heteroatoms. The van der Waals surface area contributed by atoms with Gasteiger partial charge in [0.2, 0.25) is 0 Å². The second-order valence-corrected chi connectivity index (χ2v) is 3.52. The first kappa shape index (κ1) is 14.1. The van der Waals surface area contributed by atoms with Gasteiger partial charge >= 0.3 is 5.97 Å². The van der Waals surface area contributed by atoms with Gasteiger partial charge in [0.15, 0.2) is 12.0 Å². The van der Waals surface area contributed by atoms with Crippen molar-refractivity contribution >= 4 is 11.8 Å². The number of unbranched alkanes of at least 4 members (excludes halogenated alkanes) is 1. The third-order valence-electron chi connectivity index (χ3n) is 2.19. The average molecular weight is 218 g/mol. The van der Waals surface area contributed by atoms with Crippen LogP contribution in [0.25, 0.3) is 0 Å². The Morgan fingerprint density at radius 3 is 2.40 bits per heavy atom. The van der Waals surface area contributed by atoms with Gasteiger partial charge in [-0.2, -0.15) is 0 Å². The molecule has 0 saturated heterocycles. The van der Waals surface area contributed by atoms with Crippen LogP contribution in [-0.4, -0.2) is 24.5 Å². The van der Waals surface area contributed by atoms with Crippen molar-refractivity contribution in [2.45, 2.75) is 46.2 Å². The van der Waals surface area contributed by atoms with E-state index in [9.17, 15) is 14.0 Å². The van der Waals surface area contributed by atoms with Gasteiger partial charge in [-0.25, -0.2) is 4.39 Å². The Hall–Kier alpha value is -0.930. The van der Waals surface area contributed by atoms with Crippen molar-refractivity contribution in [3.8, 4) is 0 Å². The highest BCUT2D eigenvalue weighted by atomic mass is 19.1. The highest BCUT2D eigenvalue weighted by Gasteiger charge is 2.28. The van der Waals surface area contributed by atoms with Gasteiger partial charge in [0.1, 0.15) is 5.92 Å². The lowest BCUT2D eigenvalue weighted by Crippen LogP contribution is -2.30. The predicted octanol–water partition coefficient (Wildman–Crippen LogP) is 2.28. The van der Waals surface area contributed by atoms with E-state index in [1.54, 1.807) is 6.92 Å². The first-order chi connectivity index (χ1) is 7.04. The van der Waals surface area contributed by atoms with E-state index < -0.39 is 23.8 Å². The zero-order valence-electron chi connectivity index (χ0n) is 9.59. The lowest BCUT2D eigenvalue weighted by atomic mass is 10.0. The van der Waals surface area contributed by atoms with Crippen molar-refractivity contribution in [3.63, 3.8) is 0 Å². The van der Waals surface area contributed by atoms with Crippen molar-refractivity contribution < 1.29 is 18.7 Å². The van der Waals surface area contributed by atoms with Gasteiger partial charge in [0.25, 0.3) is 0 Å². The molecule has 0 fully saturated rings. The molecule has 0 bridgehead atoms. The Bertz CT molecular complexity index is 216. The fourth-order valence-electron chi connectivity index (χ4n) is 1.03. The predicted molar refractivity (Wildman–Crippen MR) is 55.2 cm³/mol. The van der Waals surface area contributed by atoms with Crippen LogP contribution in [-0.2, 0) is 14.3 Å². The molecule has 0 aliphatic carbocycles. The molecule has 0 aromatic carbocycles. The summed E-state index contributed by atoms with van der Waals surface area (Å²) in [6, 6.07) is 0. The molecule has 0 aliphatic heterocycles. The molecule has 0 spiro atoms. The molecule has 0 amide bonds. The first-order valence-electron chi connectivity index (χ1n) is 5.39. The Balaban J connectivity index is 4.02. The minimum atomic E-state index is -1.56. The number of rotatable bonds is 7. The molecule has 0 radical (unpaired) electrons. The van der Waals surface area contributed by atoms with Crippen LogP contribution in [0.1, 0.15) is 40.0 Å². The summed E-state index contributed by atoms with van der Waals surface area (Å²) in [4.78, 5) is 22.5. The van der Waals surface area contributed by atoms with Crippen LogP contribution in [0, 0.1) is 5.92 Å². The second kappa shape index (κ2) is 7.37. The van der Waals surface area contributed by atoms with E-state index in [-0.39, 0.29) is 6.42 Å². The van der Waals surface area contributed by atoms with E-state index in [2.05, 4.69) is 0 Å². The number of alkyl halides is 1.